The molecule has 0 saturated carbocycles. The molecule has 2 rings (SSSR count). The van der Waals surface area contributed by atoms with Gasteiger partial charge in [-0.1, -0.05) is 0 Å². The summed E-state index contributed by atoms with van der Waals surface area (Å²) in [6.07, 6.45) is -19.3. The number of aliphatic hydroxyl groups excluding tert-OH is 12. The van der Waals surface area contributed by atoms with Gasteiger partial charge in [0.25, 0.3) is 0 Å². The molecule has 0 radical (unpaired) electrons. The lowest BCUT2D eigenvalue weighted by atomic mass is 10.0. The molecular weight excluding hydrogens is 436 g/mol. The maximum Gasteiger partial charge on any atom is 0.110 e. The van der Waals surface area contributed by atoms with Crippen molar-refractivity contribution in [1.82, 2.24) is 9.80 Å². The summed E-state index contributed by atoms with van der Waals surface area (Å²) in [5.74, 6) is 0. The fourth-order valence-corrected chi connectivity index (χ4v) is 4.05. The van der Waals surface area contributed by atoms with E-state index >= 15 is 0 Å². The van der Waals surface area contributed by atoms with Crippen LogP contribution in [0, 0.1) is 0 Å². The molecule has 12 atom stereocenters. The molecule has 2 saturated heterocycles. The highest BCUT2D eigenvalue weighted by Crippen LogP contribution is 2.17. The van der Waals surface area contributed by atoms with E-state index in [1.165, 1.54) is 9.80 Å². The van der Waals surface area contributed by atoms with Gasteiger partial charge < -0.3 is 61.3 Å². The van der Waals surface area contributed by atoms with E-state index in [2.05, 4.69) is 0 Å². The molecule has 190 valence electrons. The van der Waals surface area contributed by atoms with E-state index in [-0.39, 0.29) is 39.3 Å². The summed E-state index contributed by atoms with van der Waals surface area (Å²) >= 11 is 0. The molecule has 2 fully saturated rings. The topological polar surface area (TPSA) is 249 Å². The van der Waals surface area contributed by atoms with Crippen molar-refractivity contribution in [2.24, 2.45) is 0 Å². The molecule has 0 spiro atoms. The minimum Gasteiger partial charge on any atom is -0.389 e. The summed E-state index contributed by atoms with van der Waals surface area (Å²) in [5.41, 5.74) is 0. The summed E-state index contributed by atoms with van der Waals surface area (Å²) in [6.45, 7) is -1.73. The Morgan fingerprint density at radius 2 is 0.688 bits per heavy atom. The molecule has 0 aromatic rings. The van der Waals surface area contributed by atoms with Crippen molar-refractivity contribution in [3.8, 4) is 0 Å². The molecule has 14 nitrogen and oxygen atoms in total. The zero-order valence-corrected chi connectivity index (χ0v) is 17.4. The van der Waals surface area contributed by atoms with E-state index in [0.29, 0.717) is 0 Å². The van der Waals surface area contributed by atoms with Gasteiger partial charge in [-0.15, -0.1) is 0 Å². The second kappa shape index (κ2) is 11.7. The molecule has 0 aromatic carbocycles. The molecule has 0 amide bonds. The lowest BCUT2D eigenvalue weighted by Gasteiger charge is -2.33. The molecule has 0 unspecified atom stereocenters. The normalized spacial score (nSPS) is 42.0. The van der Waals surface area contributed by atoms with Crippen molar-refractivity contribution >= 4 is 0 Å². The third-order valence-electron chi connectivity index (χ3n) is 6.09. The SMILES string of the molecule is O[C@@H]([C@H](O)[C@H](O)CN1C[C@@H](O)[C@@H](O)[C@H](O)[C@H](O)C1)[C@H](O)CN1C[C@@H](O)[C@@H](O)[C@H](O)[C@H](O)C1. The van der Waals surface area contributed by atoms with Gasteiger partial charge in [0.1, 0.15) is 36.6 Å². The minimum atomic E-state index is -1.88. The number of β-amino-alcohol motifs (C(OH)–C–C–N with tert-alkyl or cyclic N) is 6. The fraction of sp³-hybridized carbons (Fsp3) is 1.00. The summed E-state index contributed by atoms with van der Waals surface area (Å²) < 4.78 is 0. The van der Waals surface area contributed by atoms with Gasteiger partial charge in [-0.3, -0.25) is 9.80 Å². The van der Waals surface area contributed by atoms with Crippen molar-refractivity contribution in [3.63, 3.8) is 0 Å². The maximum atomic E-state index is 10.3. The Morgan fingerprint density at radius 1 is 0.469 bits per heavy atom. The van der Waals surface area contributed by atoms with Gasteiger partial charge in [-0.05, 0) is 0 Å². The van der Waals surface area contributed by atoms with Crippen LogP contribution in [0.4, 0.5) is 0 Å². The summed E-state index contributed by atoms with van der Waals surface area (Å²) in [5, 5.41) is 119. The first-order valence-electron chi connectivity index (χ1n) is 10.4. The number of hydrogen-bond acceptors (Lipinski definition) is 14. The van der Waals surface area contributed by atoms with Gasteiger partial charge >= 0.3 is 0 Å². The molecule has 12 N–H and O–H groups in total. The standard InChI is InChI=1S/C18H36N2O12/c21-7-1-19(2-8(22)14(28)13(7)27)5-11(25)17(31)18(32)12(26)6-20-3-9(23)15(29)16(30)10(24)4-20/h7-18,21-32H,1-6H2/t7-,8-,9-,10-,11-,12-,13-,14-,15-,16-,17-,18-/m1/s1. The van der Waals surface area contributed by atoms with E-state index in [9.17, 15) is 61.3 Å². The highest BCUT2D eigenvalue weighted by atomic mass is 16.4. The van der Waals surface area contributed by atoms with Crippen LogP contribution in [0.5, 0.6) is 0 Å². The molecule has 0 bridgehead atoms. The van der Waals surface area contributed by atoms with Gasteiger partial charge in [0, 0.05) is 39.3 Å². The van der Waals surface area contributed by atoms with E-state index in [1.54, 1.807) is 0 Å². The van der Waals surface area contributed by atoms with Crippen LogP contribution in [-0.4, -0.2) is 184 Å². The molecule has 2 aliphatic rings. The van der Waals surface area contributed by atoms with Gasteiger partial charge in [0.15, 0.2) is 0 Å². The summed E-state index contributed by atoms with van der Waals surface area (Å²) in [4.78, 5) is 2.54. The Bertz CT molecular complexity index is 496. The van der Waals surface area contributed by atoms with Gasteiger partial charge in [0.05, 0.1) is 36.6 Å². The summed E-state index contributed by atoms with van der Waals surface area (Å²) in [7, 11) is 0. The Morgan fingerprint density at radius 3 is 0.906 bits per heavy atom. The van der Waals surface area contributed by atoms with Crippen molar-refractivity contribution in [3.05, 3.63) is 0 Å². The average molecular weight is 472 g/mol. The lowest BCUT2D eigenvalue weighted by Crippen LogP contribution is -2.53. The van der Waals surface area contributed by atoms with E-state index in [4.69, 9.17) is 0 Å². The number of nitrogens with zero attached hydrogens (tertiary/aromatic N) is 2. The second-order valence-corrected chi connectivity index (χ2v) is 8.78. The average Bonchev–Trinajstić information content (AvgIpc) is 2.88. The molecule has 14 heteroatoms. The Labute approximate surface area is 184 Å². The van der Waals surface area contributed by atoms with Crippen LogP contribution < -0.4 is 0 Å². The van der Waals surface area contributed by atoms with Gasteiger partial charge in [-0.2, -0.15) is 0 Å². The van der Waals surface area contributed by atoms with Crippen LogP contribution in [-0.2, 0) is 0 Å². The van der Waals surface area contributed by atoms with Crippen LogP contribution >= 0.6 is 0 Å². The zero-order valence-electron chi connectivity index (χ0n) is 17.4. The van der Waals surface area contributed by atoms with Gasteiger partial charge in [-0.25, -0.2) is 0 Å². The highest BCUT2D eigenvalue weighted by molar-refractivity contribution is 4.93. The third-order valence-corrected chi connectivity index (χ3v) is 6.09. The van der Waals surface area contributed by atoms with Crippen LogP contribution in [0.2, 0.25) is 0 Å². The zero-order chi connectivity index (χ0) is 24.3. The Kier molecular flexibility index (Phi) is 10.1. The van der Waals surface area contributed by atoms with Crippen LogP contribution in [0.15, 0.2) is 0 Å². The highest BCUT2D eigenvalue weighted by Gasteiger charge is 2.40. The number of hydrogen-bond donors (Lipinski definition) is 12. The summed E-state index contributed by atoms with van der Waals surface area (Å²) in [6, 6.07) is 0. The van der Waals surface area contributed by atoms with Gasteiger partial charge in [0.2, 0.25) is 0 Å². The van der Waals surface area contributed by atoms with E-state index in [0.717, 1.165) is 0 Å². The van der Waals surface area contributed by atoms with Crippen LogP contribution in [0.25, 0.3) is 0 Å². The number of aliphatic hydroxyl groups is 12. The monoisotopic (exact) mass is 472 g/mol. The first-order valence-corrected chi connectivity index (χ1v) is 10.4. The van der Waals surface area contributed by atoms with Crippen molar-refractivity contribution in [2.75, 3.05) is 39.3 Å². The maximum absolute atomic E-state index is 10.3. The first kappa shape index (κ1) is 27.7. The van der Waals surface area contributed by atoms with E-state index in [1.807, 2.05) is 0 Å². The first-order chi connectivity index (χ1) is 14.8. The quantitative estimate of drug-likeness (QED) is 0.164. The Hall–Kier alpha value is -0.560. The number of rotatable bonds is 7. The second-order valence-electron chi connectivity index (χ2n) is 8.78. The lowest BCUT2D eigenvalue weighted by molar-refractivity contribution is -0.118. The Balaban J connectivity index is 1.93. The molecule has 2 aliphatic heterocycles. The van der Waals surface area contributed by atoms with Crippen LogP contribution in [0.3, 0.4) is 0 Å². The molecule has 0 aromatic heterocycles. The molecule has 0 aliphatic carbocycles. The van der Waals surface area contributed by atoms with Crippen molar-refractivity contribution < 1.29 is 61.3 Å². The van der Waals surface area contributed by atoms with E-state index < -0.39 is 73.2 Å². The molecular formula is C18H36N2O12. The van der Waals surface area contributed by atoms with Crippen molar-refractivity contribution in [1.29, 1.82) is 0 Å². The molecule has 32 heavy (non-hydrogen) atoms. The number of likely N-dealkylation sites (tertiary alicyclic amines) is 2. The predicted octanol–water partition coefficient (Wildman–Crippen LogP) is -8.05. The predicted molar refractivity (Wildman–Crippen MR) is 105 cm³/mol. The van der Waals surface area contributed by atoms with Crippen LogP contribution in [0.1, 0.15) is 0 Å². The smallest absolute Gasteiger partial charge is 0.110 e. The fourth-order valence-electron chi connectivity index (χ4n) is 4.05. The van der Waals surface area contributed by atoms with Crippen molar-refractivity contribution in [2.45, 2.75) is 73.2 Å². The largest absolute Gasteiger partial charge is 0.389 e. The minimum absolute atomic E-state index is 0.244. The third kappa shape index (κ3) is 6.74. The molecule has 2 heterocycles.